The number of ether oxygens (including phenoxy) is 1. The molecule has 0 saturated heterocycles. The number of carbonyl (C=O) groups excluding carboxylic acids is 2. The highest BCUT2D eigenvalue weighted by atomic mass is 32.1. The Morgan fingerprint density at radius 2 is 1.81 bits per heavy atom. The summed E-state index contributed by atoms with van der Waals surface area (Å²) in [6.07, 6.45) is 0.775. The van der Waals surface area contributed by atoms with E-state index in [4.69, 9.17) is 4.74 Å². The molecule has 5 nitrogen and oxygen atoms in total. The number of thiazole rings is 1. The number of benzene rings is 2. The van der Waals surface area contributed by atoms with Crippen LogP contribution in [0.25, 0.3) is 10.2 Å². The van der Waals surface area contributed by atoms with Crippen molar-refractivity contribution in [2.45, 2.75) is 25.8 Å². The zero-order chi connectivity index (χ0) is 18.5. The number of para-hydroxylation sites is 1. The van der Waals surface area contributed by atoms with Crippen LogP contribution in [0.1, 0.15) is 24.9 Å². The molecule has 134 valence electrons. The van der Waals surface area contributed by atoms with E-state index in [9.17, 15) is 9.59 Å². The Morgan fingerprint density at radius 3 is 2.50 bits per heavy atom. The van der Waals surface area contributed by atoms with Crippen LogP contribution >= 0.6 is 11.3 Å². The van der Waals surface area contributed by atoms with E-state index in [2.05, 4.69) is 4.99 Å². The van der Waals surface area contributed by atoms with Crippen LogP contribution in [-0.2, 0) is 20.7 Å². The summed E-state index contributed by atoms with van der Waals surface area (Å²) in [6.45, 7) is 1.91. The van der Waals surface area contributed by atoms with Crippen LogP contribution in [0.5, 0.6) is 0 Å². The molecule has 0 saturated carbocycles. The average Bonchev–Trinajstić information content (AvgIpc) is 3.01. The predicted molar refractivity (Wildman–Crippen MR) is 102 cm³/mol. The number of hydrogen-bond donors (Lipinski definition) is 0. The first-order valence-corrected chi connectivity index (χ1v) is 9.25. The highest BCUT2D eigenvalue weighted by Crippen LogP contribution is 2.23. The van der Waals surface area contributed by atoms with Crippen molar-refractivity contribution in [1.29, 1.82) is 0 Å². The lowest BCUT2D eigenvalue weighted by Gasteiger charge is -2.15. The molecule has 1 unspecified atom stereocenters. The van der Waals surface area contributed by atoms with Gasteiger partial charge in [-0.15, -0.1) is 0 Å². The van der Waals surface area contributed by atoms with Crippen molar-refractivity contribution in [2.24, 2.45) is 4.99 Å². The summed E-state index contributed by atoms with van der Waals surface area (Å²) in [6, 6.07) is 16.7. The van der Waals surface area contributed by atoms with Crippen molar-refractivity contribution in [3.63, 3.8) is 0 Å². The molecule has 26 heavy (non-hydrogen) atoms. The van der Waals surface area contributed by atoms with E-state index in [1.807, 2.05) is 66.1 Å². The fraction of sp³-hybridized carbons (Fsp3) is 0.250. The van der Waals surface area contributed by atoms with Crippen molar-refractivity contribution >= 4 is 33.4 Å². The third-order valence-corrected chi connectivity index (χ3v) is 5.16. The fourth-order valence-corrected chi connectivity index (χ4v) is 3.96. The number of methoxy groups -OCH3 is 1. The molecule has 1 heterocycles. The molecule has 3 aromatic rings. The van der Waals surface area contributed by atoms with Gasteiger partial charge in [-0.1, -0.05) is 60.7 Å². The van der Waals surface area contributed by atoms with Crippen molar-refractivity contribution in [1.82, 2.24) is 4.57 Å². The van der Waals surface area contributed by atoms with Gasteiger partial charge in [-0.05, 0) is 24.1 Å². The first kappa shape index (κ1) is 18.1. The van der Waals surface area contributed by atoms with E-state index >= 15 is 0 Å². The SMILES string of the molecule is CCC(C(=O)OC)n1/c(=N\C(=O)Cc2ccccc2)sc2ccccc21. The number of fused-ring (bicyclic) bond motifs is 1. The minimum Gasteiger partial charge on any atom is -0.467 e. The lowest BCUT2D eigenvalue weighted by Crippen LogP contribution is -2.28. The minimum atomic E-state index is -0.514. The van der Waals surface area contributed by atoms with Gasteiger partial charge in [0.2, 0.25) is 0 Å². The van der Waals surface area contributed by atoms with E-state index in [-0.39, 0.29) is 18.3 Å². The number of esters is 1. The van der Waals surface area contributed by atoms with Gasteiger partial charge in [0.15, 0.2) is 4.80 Å². The Morgan fingerprint density at radius 1 is 1.12 bits per heavy atom. The van der Waals surface area contributed by atoms with Crippen molar-refractivity contribution in [3.05, 3.63) is 65.0 Å². The first-order chi connectivity index (χ1) is 12.6. The number of amides is 1. The maximum Gasteiger partial charge on any atom is 0.328 e. The van der Waals surface area contributed by atoms with Crippen LogP contribution in [0.4, 0.5) is 0 Å². The summed E-state index contributed by atoms with van der Waals surface area (Å²) in [5, 5.41) is 0. The summed E-state index contributed by atoms with van der Waals surface area (Å²) in [4.78, 5) is 29.6. The molecular formula is C20H20N2O3S. The Hall–Kier alpha value is -2.73. The molecule has 0 bridgehead atoms. The molecule has 3 rings (SSSR count). The quantitative estimate of drug-likeness (QED) is 0.648. The van der Waals surface area contributed by atoms with E-state index < -0.39 is 6.04 Å². The normalized spacial score (nSPS) is 12.9. The molecule has 1 atom stereocenters. The van der Waals surface area contributed by atoms with Crippen LogP contribution in [0.3, 0.4) is 0 Å². The molecule has 0 fully saturated rings. The highest BCUT2D eigenvalue weighted by Gasteiger charge is 2.23. The third kappa shape index (κ3) is 3.75. The minimum absolute atomic E-state index is 0.226. The Labute approximate surface area is 155 Å². The van der Waals surface area contributed by atoms with Gasteiger partial charge in [-0.3, -0.25) is 4.79 Å². The van der Waals surface area contributed by atoms with E-state index in [0.717, 1.165) is 15.8 Å². The molecule has 1 aromatic heterocycles. The van der Waals surface area contributed by atoms with E-state index in [1.165, 1.54) is 18.4 Å². The first-order valence-electron chi connectivity index (χ1n) is 8.43. The molecule has 0 radical (unpaired) electrons. The number of nitrogens with zero attached hydrogens (tertiary/aromatic N) is 2. The van der Waals surface area contributed by atoms with Gasteiger partial charge in [0.05, 0.1) is 23.7 Å². The number of hydrogen-bond acceptors (Lipinski definition) is 4. The molecule has 6 heteroatoms. The second kappa shape index (κ2) is 8.10. The highest BCUT2D eigenvalue weighted by molar-refractivity contribution is 7.16. The summed E-state index contributed by atoms with van der Waals surface area (Å²) in [5.74, 6) is -0.579. The standard InChI is InChI=1S/C20H20N2O3S/c1-3-15(19(24)25-2)22-16-11-7-8-12-17(16)26-20(22)21-18(23)13-14-9-5-4-6-10-14/h4-12,15H,3,13H2,1-2H3/b21-20+. The van der Waals surface area contributed by atoms with Crippen LogP contribution < -0.4 is 4.80 Å². The van der Waals surface area contributed by atoms with Crippen LogP contribution in [0.2, 0.25) is 0 Å². The predicted octanol–water partition coefficient (Wildman–Crippen LogP) is 3.50. The monoisotopic (exact) mass is 368 g/mol. The molecule has 0 spiro atoms. The van der Waals surface area contributed by atoms with Crippen LogP contribution in [0.15, 0.2) is 59.6 Å². The Balaban J connectivity index is 2.08. The van der Waals surface area contributed by atoms with Gasteiger partial charge in [0, 0.05) is 0 Å². The zero-order valence-corrected chi connectivity index (χ0v) is 15.5. The van der Waals surface area contributed by atoms with Crippen molar-refractivity contribution in [2.75, 3.05) is 7.11 Å². The maximum atomic E-state index is 12.5. The zero-order valence-electron chi connectivity index (χ0n) is 14.7. The second-order valence-electron chi connectivity index (χ2n) is 5.84. The lowest BCUT2D eigenvalue weighted by atomic mass is 10.1. The van der Waals surface area contributed by atoms with E-state index in [1.54, 1.807) is 0 Å². The lowest BCUT2D eigenvalue weighted by molar-refractivity contribution is -0.144. The molecule has 0 aliphatic heterocycles. The van der Waals surface area contributed by atoms with Gasteiger partial charge < -0.3 is 9.30 Å². The third-order valence-electron chi connectivity index (χ3n) is 4.12. The van der Waals surface area contributed by atoms with E-state index in [0.29, 0.717) is 11.2 Å². The largest absolute Gasteiger partial charge is 0.467 e. The molecule has 1 amide bonds. The molecule has 0 N–H and O–H groups in total. The van der Waals surface area contributed by atoms with Gasteiger partial charge >= 0.3 is 5.97 Å². The summed E-state index contributed by atoms with van der Waals surface area (Å²) in [7, 11) is 1.37. The molecule has 0 aliphatic carbocycles. The topological polar surface area (TPSA) is 60.7 Å². The summed E-state index contributed by atoms with van der Waals surface area (Å²) >= 11 is 1.40. The van der Waals surface area contributed by atoms with Crippen LogP contribution in [-0.4, -0.2) is 23.6 Å². The molecular weight excluding hydrogens is 348 g/mol. The number of aromatic nitrogens is 1. The average molecular weight is 368 g/mol. The van der Waals surface area contributed by atoms with Gasteiger partial charge in [-0.25, -0.2) is 4.79 Å². The van der Waals surface area contributed by atoms with Gasteiger partial charge in [-0.2, -0.15) is 4.99 Å². The van der Waals surface area contributed by atoms with Crippen molar-refractivity contribution in [3.8, 4) is 0 Å². The fourth-order valence-electron chi connectivity index (χ4n) is 2.88. The molecule has 0 aliphatic rings. The molecule has 2 aromatic carbocycles. The Kier molecular flexibility index (Phi) is 5.63. The van der Waals surface area contributed by atoms with Gasteiger partial charge in [0.1, 0.15) is 6.04 Å². The van der Waals surface area contributed by atoms with Crippen LogP contribution in [0, 0.1) is 0 Å². The summed E-state index contributed by atoms with van der Waals surface area (Å²) in [5.41, 5.74) is 1.79. The van der Waals surface area contributed by atoms with Gasteiger partial charge in [0.25, 0.3) is 5.91 Å². The smallest absolute Gasteiger partial charge is 0.328 e. The summed E-state index contributed by atoms with van der Waals surface area (Å²) < 4.78 is 7.74. The number of carbonyl (C=O) groups is 2. The Bertz CT molecular complexity index is 989. The van der Waals surface area contributed by atoms with Crippen molar-refractivity contribution < 1.29 is 14.3 Å². The number of rotatable bonds is 5. The maximum absolute atomic E-state index is 12.5. The second-order valence-corrected chi connectivity index (χ2v) is 6.85.